The standard InChI is InChI=1S/C12H24N2O/c1-3-14(9-11-5-4-6-11)12(15)7-10(2)8-13/h10-11H,3-9,13H2,1-2H3. The fraction of sp³-hybridized carbons (Fsp3) is 0.917. The fourth-order valence-corrected chi connectivity index (χ4v) is 1.90. The summed E-state index contributed by atoms with van der Waals surface area (Å²) in [5, 5.41) is 0. The molecular formula is C12H24N2O. The number of carbonyl (C=O) groups excluding carboxylic acids is 1. The summed E-state index contributed by atoms with van der Waals surface area (Å²) in [6, 6.07) is 0. The predicted molar refractivity (Wildman–Crippen MR) is 62.4 cm³/mol. The molecule has 0 aromatic carbocycles. The second-order valence-corrected chi connectivity index (χ2v) is 4.77. The van der Waals surface area contributed by atoms with Gasteiger partial charge in [0.15, 0.2) is 0 Å². The van der Waals surface area contributed by atoms with E-state index in [1.165, 1.54) is 19.3 Å². The van der Waals surface area contributed by atoms with E-state index in [-0.39, 0.29) is 5.91 Å². The van der Waals surface area contributed by atoms with Gasteiger partial charge in [0.1, 0.15) is 0 Å². The first-order valence-electron chi connectivity index (χ1n) is 6.15. The van der Waals surface area contributed by atoms with Crippen LogP contribution >= 0.6 is 0 Å². The van der Waals surface area contributed by atoms with Crippen molar-refractivity contribution < 1.29 is 4.79 Å². The van der Waals surface area contributed by atoms with Gasteiger partial charge in [-0.2, -0.15) is 0 Å². The summed E-state index contributed by atoms with van der Waals surface area (Å²) in [6.45, 7) is 6.50. The minimum absolute atomic E-state index is 0.280. The molecule has 0 aromatic heterocycles. The fourth-order valence-electron chi connectivity index (χ4n) is 1.90. The molecule has 1 unspecified atom stereocenters. The number of hydrogen-bond acceptors (Lipinski definition) is 2. The monoisotopic (exact) mass is 212 g/mol. The average Bonchev–Trinajstić information content (AvgIpc) is 2.16. The van der Waals surface area contributed by atoms with E-state index in [9.17, 15) is 4.79 Å². The van der Waals surface area contributed by atoms with Crippen molar-refractivity contribution in [2.45, 2.75) is 39.5 Å². The van der Waals surface area contributed by atoms with Crippen LogP contribution in [0, 0.1) is 11.8 Å². The van der Waals surface area contributed by atoms with Gasteiger partial charge in [-0.3, -0.25) is 4.79 Å². The third kappa shape index (κ3) is 3.82. The predicted octanol–water partition coefficient (Wildman–Crippen LogP) is 1.62. The Labute approximate surface area is 93.0 Å². The van der Waals surface area contributed by atoms with E-state index in [1.807, 2.05) is 11.8 Å². The Kier molecular flexibility index (Phi) is 5.09. The van der Waals surface area contributed by atoms with Crippen LogP contribution in [0.15, 0.2) is 0 Å². The molecule has 3 nitrogen and oxygen atoms in total. The number of rotatable bonds is 6. The molecule has 0 spiro atoms. The van der Waals surface area contributed by atoms with Crippen LogP contribution in [0.4, 0.5) is 0 Å². The highest BCUT2D eigenvalue weighted by Gasteiger charge is 2.23. The number of nitrogens with zero attached hydrogens (tertiary/aromatic N) is 1. The third-order valence-corrected chi connectivity index (χ3v) is 3.36. The van der Waals surface area contributed by atoms with E-state index in [0.717, 1.165) is 19.0 Å². The van der Waals surface area contributed by atoms with Crippen LogP contribution in [-0.4, -0.2) is 30.4 Å². The van der Waals surface area contributed by atoms with Gasteiger partial charge in [-0.1, -0.05) is 13.3 Å². The molecule has 0 saturated heterocycles. The van der Waals surface area contributed by atoms with Crippen molar-refractivity contribution in [3.63, 3.8) is 0 Å². The van der Waals surface area contributed by atoms with Gasteiger partial charge in [-0.15, -0.1) is 0 Å². The number of amides is 1. The first-order valence-corrected chi connectivity index (χ1v) is 6.15. The van der Waals surface area contributed by atoms with E-state index in [0.29, 0.717) is 18.9 Å². The van der Waals surface area contributed by atoms with Crippen LogP contribution in [0.25, 0.3) is 0 Å². The molecule has 1 aliphatic rings. The van der Waals surface area contributed by atoms with Crippen LogP contribution in [0.3, 0.4) is 0 Å². The second kappa shape index (κ2) is 6.11. The maximum atomic E-state index is 11.9. The number of nitrogens with two attached hydrogens (primary N) is 1. The molecule has 15 heavy (non-hydrogen) atoms. The van der Waals surface area contributed by atoms with Gasteiger partial charge < -0.3 is 10.6 Å². The number of carbonyl (C=O) groups is 1. The molecule has 1 saturated carbocycles. The first kappa shape index (κ1) is 12.5. The molecule has 0 radical (unpaired) electrons. The highest BCUT2D eigenvalue weighted by molar-refractivity contribution is 5.76. The molecule has 0 bridgehead atoms. The van der Waals surface area contributed by atoms with Crippen molar-refractivity contribution in [2.24, 2.45) is 17.6 Å². The lowest BCUT2D eigenvalue weighted by Gasteiger charge is -2.32. The Hall–Kier alpha value is -0.570. The van der Waals surface area contributed by atoms with Crippen molar-refractivity contribution in [1.29, 1.82) is 0 Å². The molecule has 0 aliphatic heterocycles. The highest BCUT2D eigenvalue weighted by atomic mass is 16.2. The quantitative estimate of drug-likeness (QED) is 0.727. The van der Waals surface area contributed by atoms with Crippen molar-refractivity contribution in [3.8, 4) is 0 Å². The molecule has 1 rings (SSSR count). The van der Waals surface area contributed by atoms with Crippen LogP contribution in [0.2, 0.25) is 0 Å². The Bertz CT molecular complexity index is 202. The van der Waals surface area contributed by atoms with Gasteiger partial charge in [0, 0.05) is 19.5 Å². The zero-order chi connectivity index (χ0) is 11.3. The third-order valence-electron chi connectivity index (χ3n) is 3.36. The lowest BCUT2D eigenvalue weighted by molar-refractivity contribution is -0.132. The van der Waals surface area contributed by atoms with E-state index < -0.39 is 0 Å². The van der Waals surface area contributed by atoms with E-state index in [1.54, 1.807) is 0 Å². The van der Waals surface area contributed by atoms with E-state index in [2.05, 4.69) is 6.92 Å². The highest BCUT2D eigenvalue weighted by Crippen LogP contribution is 2.27. The zero-order valence-electron chi connectivity index (χ0n) is 10.0. The summed E-state index contributed by atoms with van der Waals surface area (Å²) >= 11 is 0. The Balaban J connectivity index is 2.31. The minimum atomic E-state index is 0.280. The molecular weight excluding hydrogens is 188 g/mol. The summed E-state index contributed by atoms with van der Waals surface area (Å²) in [5.41, 5.74) is 5.53. The van der Waals surface area contributed by atoms with Gasteiger partial charge in [0.05, 0.1) is 0 Å². The average molecular weight is 212 g/mol. The van der Waals surface area contributed by atoms with Gasteiger partial charge in [0.2, 0.25) is 5.91 Å². The molecule has 0 heterocycles. The molecule has 1 amide bonds. The van der Waals surface area contributed by atoms with E-state index >= 15 is 0 Å². The second-order valence-electron chi connectivity index (χ2n) is 4.77. The van der Waals surface area contributed by atoms with Gasteiger partial charge >= 0.3 is 0 Å². The maximum Gasteiger partial charge on any atom is 0.222 e. The molecule has 0 aromatic rings. The zero-order valence-corrected chi connectivity index (χ0v) is 10.0. The molecule has 1 aliphatic carbocycles. The molecule has 1 fully saturated rings. The van der Waals surface area contributed by atoms with Gasteiger partial charge in [0.25, 0.3) is 0 Å². The van der Waals surface area contributed by atoms with Crippen molar-refractivity contribution in [2.75, 3.05) is 19.6 Å². The smallest absolute Gasteiger partial charge is 0.222 e. The van der Waals surface area contributed by atoms with Crippen molar-refractivity contribution >= 4 is 5.91 Å². The summed E-state index contributed by atoms with van der Waals surface area (Å²) in [4.78, 5) is 13.9. The summed E-state index contributed by atoms with van der Waals surface area (Å²) < 4.78 is 0. The van der Waals surface area contributed by atoms with Crippen LogP contribution < -0.4 is 5.73 Å². The summed E-state index contributed by atoms with van der Waals surface area (Å²) in [7, 11) is 0. The normalized spacial score (nSPS) is 18.3. The van der Waals surface area contributed by atoms with Gasteiger partial charge in [-0.25, -0.2) is 0 Å². The van der Waals surface area contributed by atoms with E-state index in [4.69, 9.17) is 5.73 Å². The Morgan fingerprint density at radius 3 is 2.60 bits per heavy atom. The van der Waals surface area contributed by atoms with Crippen LogP contribution in [0.1, 0.15) is 39.5 Å². The minimum Gasteiger partial charge on any atom is -0.343 e. The maximum absolute atomic E-state index is 11.9. The molecule has 3 heteroatoms. The van der Waals surface area contributed by atoms with Crippen molar-refractivity contribution in [3.05, 3.63) is 0 Å². The Morgan fingerprint density at radius 1 is 1.53 bits per heavy atom. The summed E-state index contributed by atoms with van der Waals surface area (Å²) in [5.74, 6) is 1.36. The summed E-state index contributed by atoms with van der Waals surface area (Å²) in [6.07, 6.45) is 4.55. The molecule has 2 N–H and O–H groups in total. The molecule has 1 atom stereocenters. The lowest BCUT2D eigenvalue weighted by Crippen LogP contribution is -2.38. The SMILES string of the molecule is CCN(CC1CCC1)C(=O)CC(C)CN. The number of hydrogen-bond donors (Lipinski definition) is 1. The largest absolute Gasteiger partial charge is 0.343 e. The van der Waals surface area contributed by atoms with Crippen molar-refractivity contribution in [1.82, 2.24) is 4.90 Å². The van der Waals surface area contributed by atoms with Gasteiger partial charge in [-0.05, 0) is 38.1 Å². The first-order chi connectivity index (χ1) is 7.17. The topological polar surface area (TPSA) is 46.3 Å². The van der Waals surface area contributed by atoms with Crippen LogP contribution in [-0.2, 0) is 4.79 Å². The van der Waals surface area contributed by atoms with Crippen LogP contribution in [0.5, 0.6) is 0 Å². The lowest BCUT2D eigenvalue weighted by atomic mass is 9.85. The molecule has 88 valence electrons. The Morgan fingerprint density at radius 2 is 2.20 bits per heavy atom.